The Morgan fingerprint density at radius 3 is 2.67 bits per heavy atom. The SMILES string of the molecule is CCCNC(=NC)NCc1ccc(OC)c(NC(C)=O)c1. The van der Waals surface area contributed by atoms with Crippen LogP contribution in [0.1, 0.15) is 25.8 Å². The standard InChI is InChI=1S/C15H24N4O2/c1-5-8-17-15(16-3)18-10-12-6-7-14(21-4)13(9-12)19-11(2)20/h6-7,9H,5,8,10H2,1-4H3,(H,19,20)(H2,16,17,18). The van der Waals surface area contributed by atoms with Crippen LogP contribution < -0.4 is 20.7 Å². The number of aliphatic imine (C=N–C) groups is 1. The minimum absolute atomic E-state index is 0.126. The highest BCUT2D eigenvalue weighted by molar-refractivity contribution is 5.90. The normalized spacial score (nSPS) is 11.0. The molecule has 21 heavy (non-hydrogen) atoms. The van der Waals surface area contributed by atoms with Gasteiger partial charge in [0.05, 0.1) is 12.8 Å². The van der Waals surface area contributed by atoms with Gasteiger partial charge >= 0.3 is 0 Å². The molecule has 0 aliphatic heterocycles. The van der Waals surface area contributed by atoms with Crippen LogP contribution in [0, 0.1) is 0 Å². The van der Waals surface area contributed by atoms with E-state index in [0.717, 1.165) is 24.5 Å². The number of nitrogens with one attached hydrogen (secondary N) is 3. The van der Waals surface area contributed by atoms with Crippen LogP contribution >= 0.6 is 0 Å². The van der Waals surface area contributed by atoms with Gasteiger partial charge in [-0.1, -0.05) is 13.0 Å². The average Bonchev–Trinajstić information content (AvgIpc) is 2.47. The van der Waals surface area contributed by atoms with E-state index < -0.39 is 0 Å². The first-order chi connectivity index (χ1) is 10.1. The van der Waals surface area contributed by atoms with Gasteiger partial charge in [-0.2, -0.15) is 0 Å². The Labute approximate surface area is 126 Å². The highest BCUT2D eigenvalue weighted by atomic mass is 16.5. The van der Waals surface area contributed by atoms with Crippen molar-refractivity contribution in [2.24, 2.45) is 4.99 Å². The van der Waals surface area contributed by atoms with E-state index >= 15 is 0 Å². The van der Waals surface area contributed by atoms with Crippen molar-refractivity contribution in [2.75, 3.05) is 26.0 Å². The summed E-state index contributed by atoms with van der Waals surface area (Å²) in [4.78, 5) is 15.4. The Bertz CT molecular complexity index is 500. The van der Waals surface area contributed by atoms with Gasteiger partial charge in [-0.25, -0.2) is 0 Å². The van der Waals surface area contributed by atoms with Gasteiger partial charge in [0.2, 0.25) is 5.91 Å². The van der Waals surface area contributed by atoms with E-state index in [9.17, 15) is 4.79 Å². The summed E-state index contributed by atoms with van der Waals surface area (Å²) >= 11 is 0. The number of rotatable bonds is 6. The molecule has 0 saturated carbocycles. The summed E-state index contributed by atoms with van der Waals surface area (Å²) in [5, 5.41) is 9.19. The molecule has 6 heteroatoms. The Kier molecular flexibility index (Phi) is 7.08. The third-order valence-electron chi connectivity index (χ3n) is 2.80. The lowest BCUT2D eigenvalue weighted by atomic mass is 10.2. The smallest absolute Gasteiger partial charge is 0.221 e. The molecule has 1 rings (SSSR count). The number of hydrogen-bond donors (Lipinski definition) is 3. The average molecular weight is 292 g/mol. The molecule has 1 aromatic carbocycles. The zero-order valence-electron chi connectivity index (χ0n) is 13.1. The van der Waals surface area contributed by atoms with Gasteiger partial charge in [0.25, 0.3) is 0 Å². The second kappa shape index (κ2) is 8.84. The number of nitrogens with zero attached hydrogens (tertiary/aromatic N) is 1. The molecule has 1 aromatic rings. The van der Waals surface area contributed by atoms with Crippen molar-refractivity contribution in [1.82, 2.24) is 10.6 Å². The predicted molar refractivity (Wildman–Crippen MR) is 85.8 cm³/mol. The van der Waals surface area contributed by atoms with Crippen molar-refractivity contribution in [3.63, 3.8) is 0 Å². The maximum absolute atomic E-state index is 11.2. The molecule has 0 bridgehead atoms. The predicted octanol–water partition coefficient (Wildman–Crippen LogP) is 1.73. The Hall–Kier alpha value is -2.24. The Balaban J connectivity index is 2.73. The minimum Gasteiger partial charge on any atom is -0.495 e. The number of ether oxygens (including phenoxy) is 1. The van der Waals surface area contributed by atoms with Crippen LogP contribution in [0.2, 0.25) is 0 Å². The van der Waals surface area contributed by atoms with Crippen LogP contribution in [0.4, 0.5) is 5.69 Å². The number of carbonyl (C=O) groups excluding carboxylic acids is 1. The zero-order valence-corrected chi connectivity index (χ0v) is 13.1. The van der Waals surface area contributed by atoms with Crippen LogP contribution in [0.5, 0.6) is 5.75 Å². The highest BCUT2D eigenvalue weighted by Gasteiger charge is 2.06. The molecule has 0 unspecified atom stereocenters. The summed E-state index contributed by atoms with van der Waals surface area (Å²) in [5.74, 6) is 1.27. The molecule has 6 nitrogen and oxygen atoms in total. The van der Waals surface area contributed by atoms with E-state index in [-0.39, 0.29) is 5.91 Å². The second-order valence-corrected chi connectivity index (χ2v) is 4.57. The first-order valence-electron chi connectivity index (χ1n) is 6.99. The van der Waals surface area contributed by atoms with Gasteiger partial charge in [-0.3, -0.25) is 9.79 Å². The molecule has 1 amide bonds. The van der Waals surface area contributed by atoms with Crippen molar-refractivity contribution >= 4 is 17.6 Å². The fourth-order valence-corrected chi connectivity index (χ4v) is 1.80. The summed E-state index contributed by atoms with van der Waals surface area (Å²) in [6, 6.07) is 5.68. The molecule has 116 valence electrons. The van der Waals surface area contributed by atoms with E-state index in [1.165, 1.54) is 6.92 Å². The molecule has 0 aromatic heterocycles. The summed E-state index contributed by atoms with van der Waals surface area (Å²) in [7, 11) is 3.32. The van der Waals surface area contributed by atoms with Crippen molar-refractivity contribution in [3.05, 3.63) is 23.8 Å². The molecule has 3 N–H and O–H groups in total. The number of carbonyl (C=O) groups is 1. The zero-order chi connectivity index (χ0) is 15.7. The molecule has 0 fully saturated rings. The monoisotopic (exact) mass is 292 g/mol. The summed E-state index contributed by atoms with van der Waals surface area (Å²) in [6.45, 7) is 5.06. The topological polar surface area (TPSA) is 74.8 Å². The van der Waals surface area contributed by atoms with Crippen LogP contribution in [0.25, 0.3) is 0 Å². The number of benzene rings is 1. The molecular formula is C15H24N4O2. The molecule has 0 atom stereocenters. The molecule has 0 heterocycles. The molecule has 0 spiro atoms. The van der Waals surface area contributed by atoms with Crippen molar-refractivity contribution in [3.8, 4) is 5.75 Å². The van der Waals surface area contributed by atoms with Crippen LogP contribution in [0.3, 0.4) is 0 Å². The summed E-state index contributed by atoms with van der Waals surface area (Å²) in [5.41, 5.74) is 1.69. The Morgan fingerprint density at radius 1 is 1.33 bits per heavy atom. The third kappa shape index (κ3) is 5.72. The lowest BCUT2D eigenvalue weighted by molar-refractivity contribution is -0.114. The van der Waals surface area contributed by atoms with Crippen molar-refractivity contribution in [2.45, 2.75) is 26.8 Å². The van der Waals surface area contributed by atoms with Gasteiger partial charge in [-0.05, 0) is 24.1 Å². The molecule has 0 saturated heterocycles. The van der Waals surface area contributed by atoms with E-state index in [1.807, 2.05) is 18.2 Å². The number of hydrogen-bond acceptors (Lipinski definition) is 3. The fourth-order valence-electron chi connectivity index (χ4n) is 1.80. The lowest BCUT2D eigenvalue weighted by Gasteiger charge is -2.13. The quantitative estimate of drug-likeness (QED) is 0.551. The van der Waals surface area contributed by atoms with E-state index in [2.05, 4.69) is 27.9 Å². The first-order valence-corrected chi connectivity index (χ1v) is 6.99. The van der Waals surface area contributed by atoms with Gasteiger partial charge in [0.15, 0.2) is 5.96 Å². The van der Waals surface area contributed by atoms with Gasteiger partial charge in [-0.15, -0.1) is 0 Å². The summed E-state index contributed by atoms with van der Waals surface area (Å²) < 4.78 is 5.23. The maximum Gasteiger partial charge on any atom is 0.221 e. The number of anilines is 1. The Morgan fingerprint density at radius 2 is 2.10 bits per heavy atom. The first kappa shape index (κ1) is 16.8. The highest BCUT2D eigenvalue weighted by Crippen LogP contribution is 2.25. The minimum atomic E-state index is -0.126. The molecule has 0 aliphatic carbocycles. The van der Waals surface area contributed by atoms with Crippen LogP contribution in [-0.2, 0) is 11.3 Å². The fraction of sp³-hybridized carbons (Fsp3) is 0.467. The maximum atomic E-state index is 11.2. The summed E-state index contributed by atoms with van der Waals surface area (Å²) in [6.07, 6.45) is 1.04. The molecular weight excluding hydrogens is 268 g/mol. The van der Waals surface area contributed by atoms with Gasteiger partial charge < -0.3 is 20.7 Å². The lowest BCUT2D eigenvalue weighted by Crippen LogP contribution is -2.37. The van der Waals surface area contributed by atoms with E-state index in [4.69, 9.17) is 4.74 Å². The van der Waals surface area contributed by atoms with E-state index in [0.29, 0.717) is 18.0 Å². The van der Waals surface area contributed by atoms with Crippen LogP contribution in [-0.4, -0.2) is 32.6 Å². The largest absolute Gasteiger partial charge is 0.495 e. The third-order valence-corrected chi connectivity index (χ3v) is 2.80. The van der Waals surface area contributed by atoms with Gasteiger partial charge in [0, 0.05) is 27.1 Å². The van der Waals surface area contributed by atoms with Crippen LogP contribution in [0.15, 0.2) is 23.2 Å². The number of methoxy groups -OCH3 is 1. The van der Waals surface area contributed by atoms with E-state index in [1.54, 1.807) is 14.2 Å². The number of amides is 1. The van der Waals surface area contributed by atoms with Crippen molar-refractivity contribution < 1.29 is 9.53 Å². The second-order valence-electron chi connectivity index (χ2n) is 4.57. The molecule has 0 radical (unpaired) electrons. The van der Waals surface area contributed by atoms with Gasteiger partial charge in [0.1, 0.15) is 5.75 Å². The van der Waals surface area contributed by atoms with Crippen molar-refractivity contribution in [1.29, 1.82) is 0 Å². The number of guanidine groups is 1. The molecule has 0 aliphatic rings.